The van der Waals surface area contributed by atoms with E-state index in [9.17, 15) is 9.70 Å². The maximum absolute atomic E-state index is 11.4. The summed E-state index contributed by atoms with van der Waals surface area (Å²) in [5.74, 6) is -0.319. The van der Waals surface area contributed by atoms with Crippen molar-refractivity contribution in [3.63, 3.8) is 0 Å². The lowest BCUT2D eigenvalue weighted by atomic mass is 10.1. The van der Waals surface area contributed by atoms with E-state index in [2.05, 4.69) is 34.3 Å². The van der Waals surface area contributed by atoms with E-state index >= 15 is 0 Å². The summed E-state index contributed by atoms with van der Waals surface area (Å²) in [5.41, 5.74) is 3.67. The molecule has 6 heteroatoms. The van der Waals surface area contributed by atoms with Crippen molar-refractivity contribution in [1.82, 2.24) is 14.8 Å². The van der Waals surface area contributed by atoms with Crippen LogP contribution < -0.4 is 0 Å². The predicted molar refractivity (Wildman–Crippen MR) is 87.1 cm³/mol. The normalized spacial score (nSPS) is 14.7. The highest BCUT2D eigenvalue weighted by molar-refractivity contribution is 5.95. The molecule has 0 unspecified atom stereocenters. The summed E-state index contributed by atoms with van der Waals surface area (Å²) in [7, 11) is 0. The van der Waals surface area contributed by atoms with Crippen molar-refractivity contribution in [2.75, 3.05) is 0 Å². The number of nitrogens with zero attached hydrogens (tertiary/aromatic N) is 4. The van der Waals surface area contributed by atoms with Crippen molar-refractivity contribution >= 4 is 11.5 Å². The van der Waals surface area contributed by atoms with E-state index in [1.54, 1.807) is 10.9 Å². The minimum absolute atomic E-state index is 0.206. The molecule has 116 valence electrons. The van der Waals surface area contributed by atoms with Crippen molar-refractivity contribution in [3.05, 3.63) is 64.5 Å². The summed E-state index contributed by atoms with van der Waals surface area (Å²) in [6.07, 6.45) is 10.5. The standard InChI is InChI=1S/C17H16N4O2/c1-12-3-2-4-13(6-5-12)15-8-10-19-21(15)16-11-14(7-9-18-16)17(22)20-23/h5-11H,2-4H2,1H3. The highest BCUT2D eigenvalue weighted by Crippen LogP contribution is 2.26. The molecule has 0 saturated carbocycles. The zero-order valence-electron chi connectivity index (χ0n) is 12.8. The van der Waals surface area contributed by atoms with Gasteiger partial charge in [0.15, 0.2) is 5.82 Å². The molecule has 3 rings (SSSR count). The second-order valence-electron chi connectivity index (χ2n) is 5.49. The van der Waals surface area contributed by atoms with Crippen LogP contribution in [0.5, 0.6) is 0 Å². The van der Waals surface area contributed by atoms with Crippen LogP contribution in [0.3, 0.4) is 0 Å². The van der Waals surface area contributed by atoms with Gasteiger partial charge >= 0.3 is 5.91 Å². The lowest BCUT2D eigenvalue weighted by molar-refractivity contribution is 0.100. The Morgan fingerprint density at radius 3 is 2.91 bits per heavy atom. The van der Waals surface area contributed by atoms with E-state index in [4.69, 9.17) is 0 Å². The van der Waals surface area contributed by atoms with Crippen LogP contribution >= 0.6 is 0 Å². The average molecular weight is 308 g/mol. The second-order valence-corrected chi connectivity index (χ2v) is 5.49. The lowest BCUT2D eigenvalue weighted by Gasteiger charge is -2.09. The number of hydrogen-bond acceptors (Lipinski definition) is 4. The highest BCUT2D eigenvalue weighted by Gasteiger charge is 2.14. The number of aromatic nitrogens is 3. The Balaban J connectivity index is 2.02. The van der Waals surface area contributed by atoms with Gasteiger partial charge < -0.3 is 0 Å². The molecular formula is C17H16N4O2. The quantitative estimate of drug-likeness (QED) is 0.810. The van der Waals surface area contributed by atoms with E-state index in [-0.39, 0.29) is 5.56 Å². The Kier molecular flexibility index (Phi) is 4.23. The molecule has 2 aromatic heterocycles. The minimum atomic E-state index is -0.811. The second kappa shape index (κ2) is 6.48. The highest BCUT2D eigenvalue weighted by atomic mass is 16.3. The number of carbonyl (C=O) groups excluding carboxylic acids is 1. The lowest BCUT2D eigenvalue weighted by Crippen LogP contribution is -2.06. The molecule has 0 fully saturated rings. The van der Waals surface area contributed by atoms with Gasteiger partial charge in [-0.1, -0.05) is 17.7 Å². The van der Waals surface area contributed by atoms with Gasteiger partial charge in [-0.3, -0.25) is 4.79 Å². The fraction of sp³-hybridized carbons (Fsp3) is 0.235. The van der Waals surface area contributed by atoms with Crippen LogP contribution in [0.15, 0.2) is 53.5 Å². The van der Waals surface area contributed by atoms with Crippen molar-refractivity contribution < 1.29 is 4.79 Å². The van der Waals surface area contributed by atoms with E-state index in [1.807, 2.05) is 6.07 Å². The van der Waals surface area contributed by atoms with Crippen molar-refractivity contribution in [2.45, 2.75) is 26.2 Å². The van der Waals surface area contributed by atoms with Crippen LogP contribution in [-0.4, -0.2) is 20.7 Å². The van der Waals surface area contributed by atoms with Gasteiger partial charge in [0.25, 0.3) is 0 Å². The first kappa shape index (κ1) is 15.0. The summed E-state index contributed by atoms with van der Waals surface area (Å²) < 4.78 is 1.68. The topological polar surface area (TPSA) is 77.2 Å². The van der Waals surface area contributed by atoms with Gasteiger partial charge in [0.1, 0.15) is 0 Å². The van der Waals surface area contributed by atoms with Crippen LogP contribution in [0.25, 0.3) is 11.4 Å². The molecule has 0 bridgehead atoms. The molecule has 0 saturated heterocycles. The largest absolute Gasteiger partial charge is 0.316 e. The Morgan fingerprint density at radius 2 is 2.09 bits per heavy atom. The molecule has 6 nitrogen and oxygen atoms in total. The third-order valence-corrected chi connectivity index (χ3v) is 3.85. The van der Waals surface area contributed by atoms with Gasteiger partial charge in [0.05, 0.1) is 17.5 Å². The molecule has 2 aromatic rings. The first-order valence-electron chi connectivity index (χ1n) is 7.44. The molecule has 1 aliphatic carbocycles. The number of pyridine rings is 1. The van der Waals surface area contributed by atoms with Crippen molar-refractivity contribution in [3.8, 4) is 5.82 Å². The van der Waals surface area contributed by atoms with Gasteiger partial charge in [-0.2, -0.15) is 5.10 Å². The average Bonchev–Trinajstić information content (AvgIpc) is 2.97. The molecule has 1 amide bonds. The van der Waals surface area contributed by atoms with Gasteiger partial charge in [0, 0.05) is 11.4 Å². The van der Waals surface area contributed by atoms with Gasteiger partial charge in [0.2, 0.25) is 0 Å². The van der Waals surface area contributed by atoms with Crippen molar-refractivity contribution in [1.29, 1.82) is 0 Å². The fourth-order valence-electron chi connectivity index (χ4n) is 2.63. The van der Waals surface area contributed by atoms with E-state index < -0.39 is 5.91 Å². The summed E-state index contributed by atoms with van der Waals surface area (Å²) in [6, 6.07) is 4.92. The van der Waals surface area contributed by atoms with Gasteiger partial charge in [-0.25, -0.2) is 9.67 Å². The molecule has 23 heavy (non-hydrogen) atoms. The van der Waals surface area contributed by atoms with Crippen LogP contribution in [0.4, 0.5) is 0 Å². The fourth-order valence-corrected chi connectivity index (χ4v) is 2.63. The molecule has 1 aliphatic rings. The van der Waals surface area contributed by atoms with E-state index in [0.29, 0.717) is 5.82 Å². The van der Waals surface area contributed by atoms with E-state index in [1.165, 1.54) is 29.5 Å². The summed E-state index contributed by atoms with van der Waals surface area (Å²) in [4.78, 5) is 26.1. The number of allylic oxidation sites excluding steroid dienone is 4. The number of amides is 1. The number of carbonyl (C=O) groups is 1. The first-order chi connectivity index (χ1) is 11.2. The van der Waals surface area contributed by atoms with Gasteiger partial charge in [-0.05, 0) is 50.0 Å². The molecule has 0 aliphatic heterocycles. The van der Waals surface area contributed by atoms with E-state index in [0.717, 1.165) is 25.0 Å². The summed E-state index contributed by atoms with van der Waals surface area (Å²) in [6.45, 7) is 2.12. The maximum Gasteiger partial charge on any atom is 0.316 e. The third kappa shape index (κ3) is 3.15. The molecule has 0 N–H and O–H groups in total. The summed E-state index contributed by atoms with van der Waals surface area (Å²) in [5, 5.41) is 6.76. The number of nitroso groups, excluding NO2 is 1. The zero-order valence-corrected chi connectivity index (χ0v) is 12.8. The minimum Gasteiger partial charge on any atom is -0.263 e. The smallest absolute Gasteiger partial charge is 0.263 e. The molecule has 2 heterocycles. The molecule has 0 aromatic carbocycles. The van der Waals surface area contributed by atoms with Crippen molar-refractivity contribution in [2.24, 2.45) is 5.18 Å². The molecule has 0 atom stereocenters. The molecule has 0 radical (unpaired) electrons. The Bertz CT molecular complexity index is 818. The zero-order chi connectivity index (χ0) is 16.2. The Labute approximate surface area is 133 Å². The predicted octanol–water partition coefficient (Wildman–Crippen LogP) is 3.69. The SMILES string of the molecule is CC1=CC=C(c2ccnn2-c2cc(C(=O)N=O)ccn2)CCC1. The monoisotopic (exact) mass is 308 g/mol. The maximum atomic E-state index is 11.4. The van der Waals surface area contributed by atoms with Crippen LogP contribution in [0.2, 0.25) is 0 Å². The number of hydrogen-bond donors (Lipinski definition) is 0. The Morgan fingerprint density at radius 1 is 1.22 bits per heavy atom. The number of rotatable bonds is 3. The third-order valence-electron chi connectivity index (χ3n) is 3.85. The van der Waals surface area contributed by atoms with Crippen LogP contribution in [0, 0.1) is 4.91 Å². The van der Waals surface area contributed by atoms with Crippen LogP contribution in [-0.2, 0) is 0 Å². The molecule has 0 spiro atoms. The Hall–Kier alpha value is -2.89. The summed E-state index contributed by atoms with van der Waals surface area (Å²) >= 11 is 0. The first-order valence-corrected chi connectivity index (χ1v) is 7.44. The van der Waals surface area contributed by atoms with Gasteiger partial charge in [-0.15, -0.1) is 4.91 Å². The molecular weight excluding hydrogens is 292 g/mol. The van der Waals surface area contributed by atoms with Crippen LogP contribution in [0.1, 0.15) is 42.2 Å².